The number of aromatic nitrogens is 1. The summed E-state index contributed by atoms with van der Waals surface area (Å²) in [4.78, 5) is 24.7. The lowest BCUT2D eigenvalue weighted by atomic mass is 10.1. The van der Waals surface area contributed by atoms with Crippen LogP contribution in [0, 0.1) is 13.8 Å². The zero-order chi connectivity index (χ0) is 19.2. The number of aryl methyl sites for hydroxylation is 2. The van der Waals surface area contributed by atoms with Crippen LogP contribution in [-0.4, -0.2) is 41.4 Å². The molecule has 3 heterocycles. The van der Waals surface area contributed by atoms with Crippen LogP contribution in [0.1, 0.15) is 41.1 Å². The van der Waals surface area contributed by atoms with Crippen LogP contribution < -0.4 is 10.6 Å². The first-order valence-corrected chi connectivity index (χ1v) is 10.2. The predicted octanol–water partition coefficient (Wildman–Crippen LogP) is 3.00. The minimum absolute atomic E-state index is 0. The summed E-state index contributed by atoms with van der Waals surface area (Å²) in [6.45, 7) is 9.01. The number of halogens is 1. The number of hydrogen-bond donors (Lipinski definition) is 2. The lowest BCUT2D eigenvalue weighted by molar-refractivity contribution is -0.131. The molecule has 2 aromatic rings. The van der Waals surface area contributed by atoms with Crippen LogP contribution in [-0.2, 0) is 24.3 Å². The number of nitrogens with one attached hydrogen (secondary N) is 2. The maximum absolute atomic E-state index is 12.5. The molecule has 0 saturated carbocycles. The standard InChI is InChI=1S/C19H27N5O2S.HI/c1-4-20-19(22-11-17-23-13(2)14(3)26-17)21-8-5-18(25)24-9-6-16-15(12-24)7-10-27-16;/h7,10H,4-6,8-9,11-12H2,1-3H3,(H2,20,21,22);1H. The first kappa shape index (κ1) is 22.7. The Kier molecular flexibility index (Phi) is 8.74. The van der Waals surface area contributed by atoms with E-state index in [0.29, 0.717) is 31.4 Å². The first-order chi connectivity index (χ1) is 13.1. The molecule has 0 radical (unpaired) electrons. The fourth-order valence-corrected chi connectivity index (χ4v) is 3.89. The van der Waals surface area contributed by atoms with E-state index in [1.807, 2.05) is 25.7 Å². The SMILES string of the molecule is CCNC(=NCc1nc(C)c(C)o1)NCCC(=O)N1CCc2sccc2C1.I. The highest BCUT2D eigenvalue weighted by atomic mass is 127. The van der Waals surface area contributed by atoms with Gasteiger partial charge in [-0.25, -0.2) is 9.98 Å². The maximum atomic E-state index is 12.5. The first-order valence-electron chi connectivity index (χ1n) is 9.35. The van der Waals surface area contributed by atoms with E-state index < -0.39 is 0 Å². The van der Waals surface area contributed by atoms with E-state index in [0.717, 1.165) is 37.5 Å². The van der Waals surface area contributed by atoms with E-state index in [2.05, 4.69) is 32.1 Å². The molecule has 0 atom stereocenters. The minimum atomic E-state index is 0. The number of aliphatic imine (C=N–C) groups is 1. The molecule has 0 spiro atoms. The van der Waals surface area contributed by atoms with Gasteiger partial charge in [0.2, 0.25) is 11.8 Å². The third-order valence-electron chi connectivity index (χ3n) is 4.58. The van der Waals surface area contributed by atoms with Crippen LogP contribution in [0.2, 0.25) is 0 Å². The van der Waals surface area contributed by atoms with Crippen LogP contribution in [0.15, 0.2) is 20.9 Å². The fraction of sp³-hybridized carbons (Fsp3) is 0.526. The predicted molar refractivity (Wildman–Crippen MR) is 122 cm³/mol. The number of carbonyl (C=O) groups excluding carboxylic acids is 1. The van der Waals surface area contributed by atoms with Crippen molar-refractivity contribution in [2.75, 3.05) is 19.6 Å². The van der Waals surface area contributed by atoms with Crippen LogP contribution in [0.4, 0.5) is 0 Å². The van der Waals surface area contributed by atoms with E-state index in [1.54, 1.807) is 11.3 Å². The van der Waals surface area contributed by atoms with Gasteiger partial charge < -0.3 is 20.0 Å². The Bertz CT molecular complexity index is 798. The second kappa shape index (κ2) is 10.8. The zero-order valence-corrected chi connectivity index (χ0v) is 19.7. The smallest absolute Gasteiger partial charge is 0.224 e. The number of hydrogen-bond acceptors (Lipinski definition) is 5. The molecule has 0 aromatic carbocycles. The lowest BCUT2D eigenvalue weighted by Crippen LogP contribution is -2.41. The van der Waals surface area contributed by atoms with Gasteiger partial charge in [0.1, 0.15) is 12.3 Å². The number of guanidine groups is 1. The molecule has 1 aliphatic heterocycles. The molecule has 28 heavy (non-hydrogen) atoms. The maximum Gasteiger partial charge on any atom is 0.224 e. The number of fused-ring (bicyclic) bond motifs is 1. The molecule has 7 nitrogen and oxygen atoms in total. The monoisotopic (exact) mass is 517 g/mol. The van der Waals surface area contributed by atoms with Crippen LogP contribution >= 0.6 is 35.3 Å². The molecular weight excluding hydrogens is 489 g/mol. The van der Waals surface area contributed by atoms with E-state index in [1.165, 1.54) is 10.4 Å². The Balaban J connectivity index is 0.00000280. The van der Waals surface area contributed by atoms with Gasteiger partial charge in [0.25, 0.3) is 0 Å². The third-order valence-corrected chi connectivity index (χ3v) is 5.60. The molecule has 0 unspecified atom stereocenters. The second-order valence-corrected chi connectivity index (χ2v) is 7.56. The zero-order valence-electron chi connectivity index (χ0n) is 16.6. The van der Waals surface area contributed by atoms with Crippen molar-refractivity contribution in [3.8, 4) is 0 Å². The van der Waals surface area contributed by atoms with Crippen molar-refractivity contribution in [3.63, 3.8) is 0 Å². The van der Waals surface area contributed by atoms with Crippen molar-refractivity contribution in [3.05, 3.63) is 39.2 Å². The normalized spacial score (nSPS) is 13.7. The Hall–Kier alpha value is -1.62. The van der Waals surface area contributed by atoms with Gasteiger partial charge in [-0.3, -0.25) is 4.79 Å². The Morgan fingerprint density at radius 1 is 1.39 bits per heavy atom. The number of rotatable bonds is 6. The number of nitrogens with zero attached hydrogens (tertiary/aromatic N) is 3. The average Bonchev–Trinajstić information content (AvgIpc) is 3.25. The van der Waals surface area contributed by atoms with E-state index in [4.69, 9.17) is 4.42 Å². The molecule has 2 aromatic heterocycles. The van der Waals surface area contributed by atoms with Gasteiger partial charge in [-0.2, -0.15) is 0 Å². The van der Waals surface area contributed by atoms with Gasteiger partial charge >= 0.3 is 0 Å². The summed E-state index contributed by atoms with van der Waals surface area (Å²) in [6.07, 6.45) is 1.41. The molecule has 9 heteroatoms. The summed E-state index contributed by atoms with van der Waals surface area (Å²) < 4.78 is 5.55. The van der Waals surface area contributed by atoms with Gasteiger partial charge in [0.15, 0.2) is 5.96 Å². The molecule has 0 aliphatic carbocycles. The van der Waals surface area contributed by atoms with Gasteiger partial charge in [-0.15, -0.1) is 35.3 Å². The van der Waals surface area contributed by atoms with Crippen molar-refractivity contribution in [1.82, 2.24) is 20.5 Å². The number of oxazole rings is 1. The van der Waals surface area contributed by atoms with E-state index in [-0.39, 0.29) is 29.9 Å². The molecule has 3 rings (SSSR count). The highest BCUT2D eigenvalue weighted by Crippen LogP contribution is 2.24. The second-order valence-electron chi connectivity index (χ2n) is 6.56. The summed E-state index contributed by atoms with van der Waals surface area (Å²) >= 11 is 1.79. The molecule has 1 amide bonds. The highest BCUT2D eigenvalue weighted by Gasteiger charge is 2.21. The van der Waals surface area contributed by atoms with Crippen molar-refractivity contribution < 1.29 is 9.21 Å². The Labute approximate surface area is 187 Å². The van der Waals surface area contributed by atoms with Crippen molar-refractivity contribution in [2.24, 2.45) is 4.99 Å². The quantitative estimate of drug-likeness (QED) is 0.350. The van der Waals surface area contributed by atoms with Gasteiger partial charge in [0, 0.05) is 37.5 Å². The lowest BCUT2D eigenvalue weighted by Gasteiger charge is -2.27. The molecular formula is C19H28IN5O2S. The van der Waals surface area contributed by atoms with E-state index >= 15 is 0 Å². The van der Waals surface area contributed by atoms with Crippen molar-refractivity contribution in [1.29, 1.82) is 0 Å². The molecule has 1 aliphatic rings. The minimum Gasteiger partial charge on any atom is -0.444 e. The van der Waals surface area contributed by atoms with Crippen molar-refractivity contribution >= 4 is 47.2 Å². The number of carbonyl (C=O) groups is 1. The summed E-state index contributed by atoms with van der Waals surface area (Å²) in [5.41, 5.74) is 2.18. The summed E-state index contributed by atoms with van der Waals surface area (Å²) in [5, 5.41) is 8.51. The largest absolute Gasteiger partial charge is 0.444 e. The van der Waals surface area contributed by atoms with Gasteiger partial charge in [0.05, 0.1) is 5.69 Å². The number of thiophene rings is 1. The average molecular weight is 517 g/mol. The Morgan fingerprint density at radius 2 is 2.21 bits per heavy atom. The molecule has 154 valence electrons. The molecule has 0 bridgehead atoms. The fourth-order valence-electron chi connectivity index (χ4n) is 3.00. The number of amides is 1. The van der Waals surface area contributed by atoms with Gasteiger partial charge in [-0.1, -0.05) is 0 Å². The topological polar surface area (TPSA) is 82.8 Å². The molecule has 0 saturated heterocycles. The van der Waals surface area contributed by atoms with Crippen LogP contribution in [0.3, 0.4) is 0 Å². The highest BCUT2D eigenvalue weighted by molar-refractivity contribution is 14.0. The van der Waals surface area contributed by atoms with Crippen molar-refractivity contribution in [2.45, 2.75) is 46.7 Å². The summed E-state index contributed by atoms with van der Waals surface area (Å²) in [7, 11) is 0. The van der Waals surface area contributed by atoms with Crippen LogP contribution in [0.25, 0.3) is 0 Å². The Morgan fingerprint density at radius 3 is 2.93 bits per heavy atom. The summed E-state index contributed by atoms with van der Waals surface area (Å²) in [5.74, 6) is 2.25. The third kappa shape index (κ3) is 5.94. The molecule has 2 N–H and O–H groups in total. The van der Waals surface area contributed by atoms with E-state index in [9.17, 15) is 4.79 Å². The van der Waals surface area contributed by atoms with Gasteiger partial charge in [-0.05, 0) is 44.2 Å². The van der Waals surface area contributed by atoms with Crippen LogP contribution in [0.5, 0.6) is 0 Å². The summed E-state index contributed by atoms with van der Waals surface area (Å²) in [6, 6.07) is 2.12. The molecule has 0 fully saturated rings.